The summed E-state index contributed by atoms with van der Waals surface area (Å²) >= 11 is 0. The summed E-state index contributed by atoms with van der Waals surface area (Å²) in [5, 5.41) is 22.4. The number of hydrogen-bond donors (Lipinski definition) is 4. The van der Waals surface area contributed by atoms with Gasteiger partial charge in [-0.2, -0.15) is 0 Å². The van der Waals surface area contributed by atoms with E-state index in [1.165, 1.54) is 16.5 Å². The molecule has 1 aliphatic rings. The second kappa shape index (κ2) is 11.1. The van der Waals surface area contributed by atoms with Crippen LogP contribution >= 0.6 is 0 Å². The Morgan fingerprint density at radius 2 is 1.89 bits per heavy atom. The zero-order chi connectivity index (χ0) is 24.9. The van der Waals surface area contributed by atoms with Gasteiger partial charge in [-0.05, 0) is 67.1 Å². The predicted molar refractivity (Wildman–Crippen MR) is 136 cm³/mol. The Hall–Kier alpha value is -3.07. The lowest BCUT2D eigenvalue weighted by Gasteiger charge is -2.32. The average molecular weight is 482 g/mol. The lowest BCUT2D eigenvalue weighted by atomic mass is 9.88. The minimum Gasteiger partial charge on any atom is -0.493 e. The Balaban J connectivity index is 1.45. The first-order valence-electron chi connectivity index (χ1n) is 12.1. The van der Waals surface area contributed by atoms with Gasteiger partial charge in [-0.25, -0.2) is 0 Å². The van der Waals surface area contributed by atoms with Gasteiger partial charge in [-0.1, -0.05) is 6.07 Å². The largest absolute Gasteiger partial charge is 0.493 e. The number of fused-ring (bicyclic) bond motifs is 1. The maximum atomic E-state index is 12.5. The van der Waals surface area contributed by atoms with Gasteiger partial charge in [0, 0.05) is 41.8 Å². The molecule has 0 aliphatic carbocycles. The minimum absolute atomic E-state index is 0.0325. The molecular formula is C27H35N3O5. The molecule has 3 aromatic rings. The van der Waals surface area contributed by atoms with Gasteiger partial charge >= 0.3 is 0 Å². The number of ether oxygens (including phenoxy) is 2. The monoisotopic (exact) mass is 481 g/mol. The lowest BCUT2D eigenvalue weighted by Crippen LogP contribution is -2.44. The van der Waals surface area contributed by atoms with Crippen LogP contribution in [-0.4, -0.2) is 79.1 Å². The number of nitrogens with one attached hydrogen (secondary N) is 2. The molecule has 2 aromatic carbocycles. The highest BCUT2D eigenvalue weighted by molar-refractivity contribution is 5.91. The number of rotatable bonds is 9. The number of nitrogens with zero attached hydrogens (tertiary/aromatic N) is 1. The van der Waals surface area contributed by atoms with Gasteiger partial charge in [-0.3, -0.25) is 4.79 Å². The number of aliphatic hydroxyl groups excluding tert-OH is 2. The van der Waals surface area contributed by atoms with Gasteiger partial charge in [0.05, 0.1) is 33.5 Å². The van der Waals surface area contributed by atoms with E-state index >= 15 is 0 Å². The summed E-state index contributed by atoms with van der Waals surface area (Å²) in [7, 11) is 3.28. The molecule has 0 saturated carbocycles. The van der Waals surface area contributed by atoms with Crippen molar-refractivity contribution in [3.63, 3.8) is 0 Å². The molecule has 35 heavy (non-hydrogen) atoms. The predicted octanol–water partition coefficient (Wildman–Crippen LogP) is 2.81. The number of carbonyl (C=O) groups excluding carboxylic acids is 1. The van der Waals surface area contributed by atoms with E-state index in [0.717, 1.165) is 42.7 Å². The Labute approximate surface area is 205 Å². The first kappa shape index (κ1) is 25.0. The van der Waals surface area contributed by atoms with Crippen molar-refractivity contribution in [2.45, 2.75) is 31.8 Å². The first-order valence-corrected chi connectivity index (χ1v) is 12.1. The molecule has 2 heterocycles. The summed E-state index contributed by atoms with van der Waals surface area (Å²) in [5.41, 5.74) is 5.70. The standard InChI is InChI=1S/C27H35N3O5/c1-17-22-12-19(18-8-10-30(11-9-18)26(33)15-28-14-21(32)16-31)4-6-23(22)29-27(17)20-5-7-24(34-2)25(13-20)35-3/h4-7,12-13,18,21,28-29,31-32H,8-11,14-16H2,1-3H3/t21-/m1/s1. The normalized spacial score (nSPS) is 15.4. The maximum absolute atomic E-state index is 12.5. The second-order valence-corrected chi connectivity index (χ2v) is 9.12. The lowest BCUT2D eigenvalue weighted by molar-refractivity contribution is -0.131. The van der Waals surface area contributed by atoms with Crippen molar-refractivity contribution >= 4 is 16.8 Å². The van der Waals surface area contributed by atoms with Crippen molar-refractivity contribution in [1.29, 1.82) is 0 Å². The van der Waals surface area contributed by atoms with E-state index in [1.807, 2.05) is 23.1 Å². The number of hydrogen-bond acceptors (Lipinski definition) is 6. The van der Waals surface area contributed by atoms with Gasteiger partial charge in [0.25, 0.3) is 0 Å². The van der Waals surface area contributed by atoms with E-state index in [1.54, 1.807) is 14.2 Å². The molecule has 1 saturated heterocycles. The maximum Gasteiger partial charge on any atom is 0.236 e. The van der Waals surface area contributed by atoms with Gasteiger partial charge in [0.15, 0.2) is 11.5 Å². The van der Waals surface area contributed by atoms with Crippen LogP contribution in [0.2, 0.25) is 0 Å². The fourth-order valence-corrected chi connectivity index (χ4v) is 4.86. The molecule has 1 amide bonds. The van der Waals surface area contributed by atoms with Crippen molar-refractivity contribution in [3.8, 4) is 22.8 Å². The smallest absolute Gasteiger partial charge is 0.236 e. The fraction of sp³-hybridized carbons (Fsp3) is 0.444. The number of piperidine rings is 1. The summed E-state index contributed by atoms with van der Waals surface area (Å²) in [5.74, 6) is 1.84. The number of carbonyl (C=O) groups is 1. The summed E-state index contributed by atoms with van der Waals surface area (Å²) in [6, 6.07) is 12.6. The Bertz CT molecular complexity index is 1170. The third kappa shape index (κ3) is 5.45. The summed E-state index contributed by atoms with van der Waals surface area (Å²) in [6.45, 7) is 3.64. The van der Waals surface area contributed by atoms with Crippen LogP contribution in [0.3, 0.4) is 0 Å². The third-order valence-electron chi connectivity index (χ3n) is 6.94. The highest BCUT2D eigenvalue weighted by atomic mass is 16.5. The minimum atomic E-state index is -0.840. The Morgan fingerprint density at radius 3 is 2.57 bits per heavy atom. The van der Waals surface area contributed by atoms with Crippen LogP contribution in [0.15, 0.2) is 36.4 Å². The van der Waals surface area contributed by atoms with Crippen LogP contribution in [0, 0.1) is 6.92 Å². The van der Waals surface area contributed by atoms with Crippen molar-refractivity contribution in [1.82, 2.24) is 15.2 Å². The number of H-pyrrole nitrogens is 1. The fourth-order valence-electron chi connectivity index (χ4n) is 4.86. The van der Waals surface area contributed by atoms with Crippen molar-refractivity contribution in [3.05, 3.63) is 47.5 Å². The number of benzene rings is 2. The number of amides is 1. The number of aryl methyl sites for hydroxylation is 1. The molecule has 0 spiro atoms. The molecule has 4 rings (SSSR count). The molecule has 1 atom stereocenters. The molecule has 1 fully saturated rings. The molecule has 1 aliphatic heterocycles. The molecule has 4 N–H and O–H groups in total. The SMILES string of the molecule is COc1ccc(-c2[nH]c3ccc(C4CCN(C(=O)CNC[C@@H](O)CO)CC4)cc3c2C)cc1OC. The van der Waals surface area contributed by atoms with E-state index in [2.05, 4.69) is 35.4 Å². The molecule has 188 valence electrons. The summed E-state index contributed by atoms with van der Waals surface area (Å²) in [6.07, 6.45) is 0.998. The molecule has 0 radical (unpaired) electrons. The summed E-state index contributed by atoms with van der Waals surface area (Å²) < 4.78 is 10.9. The van der Waals surface area contributed by atoms with Crippen LogP contribution in [0.5, 0.6) is 11.5 Å². The topological polar surface area (TPSA) is 107 Å². The van der Waals surface area contributed by atoms with Crippen molar-refractivity contribution in [2.24, 2.45) is 0 Å². The van der Waals surface area contributed by atoms with Crippen LogP contribution in [0.25, 0.3) is 22.2 Å². The number of aromatic nitrogens is 1. The van der Waals surface area contributed by atoms with E-state index in [9.17, 15) is 9.90 Å². The van der Waals surface area contributed by atoms with Gasteiger partial charge in [0.1, 0.15) is 0 Å². The Kier molecular flexibility index (Phi) is 7.95. The van der Waals surface area contributed by atoms with Crippen LogP contribution in [0.4, 0.5) is 0 Å². The van der Waals surface area contributed by atoms with E-state index in [4.69, 9.17) is 14.6 Å². The van der Waals surface area contributed by atoms with Crippen molar-refractivity contribution < 1.29 is 24.5 Å². The molecule has 0 bridgehead atoms. The van der Waals surface area contributed by atoms with Crippen LogP contribution in [-0.2, 0) is 4.79 Å². The number of likely N-dealkylation sites (tertiary alicyclic amines) is 1. The molecule has 8 nitrogen and oxygen atoms in total. The van der Waals surface area contributed by atoms with E-state index < -0.39 is 6.10 Å². The molecular weight excluding hydrogens is 446 g/mol. The Morgan fingerprint density at radius 1 is 1.14 bits per heavy atom. The summed E-state index contributed by atoms with van der Waals surface area (Å²) in [4.78, 5) is 17.9. The number of aliphatic hydroxyl groups is 2. The highest BCUT2D eigenvalue weighted by Crippen LogP contribution is 2.37. The first-order chi connectivity index (χ1) is 16.9. The zero-order valence-electron chi connectivity index (χ0n) is 20.6. The molecule has 8 heteroatoms. The van der Waals surface area contributed by atoms with Crippen LogP contribution < -0.4 is 14.8 Å². The zero-order valence-corrected chi connectivity index (χ0v) is 20.6. The average Bonchev–Trinajstić information content (AvgIpc) is 3.23. The number of aromatic amines is 1. The van der Waals surface area contributed by atoms with E-state index in [-0.39, 0.29) is 25.6 Å². The molecule has 1 aromatic heterocycles. The third-order valence-corrected chi connectivity index (χ3v) is 6.94. The quantitative estimate of drug-likeness (QED) is 0.375. The highest BCUT2D eigenvalue weighted by Gasteiger charge is 2.24. The van der Waals surface area contributed by atoms with Gasteiger partial charge < -0.3 is 34.9 Å². The van der Waals surface area contributed by atoms with Gasteiger partial charge in [0.2, 0.25) is 5.91 Å². The van der Waals surface area contributed by atoms with Crippen LogP contribution in [0.1, 0.15) is 29.9 Å². The number of methoxy groups -OCH3 is 2. The van der Waals surface area contributed by atoms with E-state index in [0.29, 0.717) is 17.4 Å². The molecule has 0 unspecified atom stereocenters. The second-order valence-electron chi connectivity index (χ2n) is 9.12. The van der Waals surface area contributed by atoms with Gasteiger partial charge in [-0.15, -0.1) is 0 Å². The van der Waals surface area contributed by atoms with Crippen molar-refractivity contribution in [2.75, 3.05) is 47.0 Å².